The molecule has 0 aromatic carbocycles. The van der Waals surface area contributed by atoms with Crippen molar-refractivity contribution in [2.45, 2.75) is 51.7 Å². The minimum absolute atomic E-state index is 0.132. The first-order valence-corrected chi connectivity index (χ1v) is 7.94. The SMILES string of the molecule is CC1CCC(OCc2cc(C#CCCO)cs2)CC1. The summed E-state index contributed by atoms with van der Waals surface area (Å²) in [5.74, 6) is 6.87. The molecule has 1 fully saturated rings. The normalized spacial score (nSPS) is 22.8. The van der Waals surface area contributed by atoms with Gasteiger partial charge in [0.15, 0.2) is 0 Å². The molecule has 1 aliphatic rings. The summed E-state index contributed by atoms with van der Waals surface area (Å²) in [4.78, 5) is 1.24. The fraction of sp³-hybridized carbons (Fsp3) is 0.625. The van der Waals surface area contributed by atoms with Gasteiger partial charge in [-0.15, -0.1) is 11.3 Å². The van der Waals surface area contributed by atoms with Crippen molar-refractivity contribution >= 4 is 11.3 Å². The van der Waals surface area contributed by atoms with Gasteiger partial charge in [0.25, 0.3) is 0 Å². The molecule has 1 aromatic rings. The lowest BCUT2D eigenvalue weighted by molar-refractivity contribution is 0.0100. The summed E-state index contributed by atoms with van der Waals surface area (Å²) in [6.45, 7) is 3.17. The molecule has 0 atom stereocenters. The van der Waals surface area contributed by atoms with E-state index in [1.54, 1.807) is 11.3 Å². The first-order chi connectivity index (χ1) is 9.28. The summed E-state index contributed by atoms with van der Waals surface area (Å²) in [7, 11) is 0. The Morgan fingerprint density at radius 2 is 2.16 bits per heavy atom. The Hall–Kier alpha value is -0.820. The zero-order valence-corrected chi connectivity index (χ0v) is 12.3. The molecule has 0 saturated heterocycles. The van der Waals surface area contributed by atoms with Crippen LogP contribution in [-0.4, -0.2) is 17.8 Å². The van der Waals surface area contributed by atoms with Gasteiger partial charge >= 0.3 is 0 Å². The molecule has 19 heavy (non-hydrogen) atoms. The van der Waals surface area contributed by atoms with Gasteiger partial charge < -0.3 is 9.84 Å². The molecule has 0 aliphatic heterocycles. The Morgan fingerprint density at radius 1 is 1.37 bits per heavy atom. The van der Waals surface area contributed by atoms with Gasteiger partial charge in [-0.2, -0.15) is 0 Å². The summed E-state index contributed by atoms with van der Waals surface area (Å²) in [5.41, 5.74) is 1.04. The Morgan fingerprint density at radius 3 is 2.89 bits per heavy atom. The second kappa shape index (κ2) is 7.69. The lowest BCUT2D eigenvalue weighted by Gasteiger charge is -2.26. The standard InChI is InChI=1S/C16H22O2S/c1-13-5-7-15(8-6-13)18-11-16-10-14(12-19-16)4-2-3-9-17/h10,12-13,15,17H,3,5-9,11H2,1H3. The van der Waals surface area contributed by atoms with E-state index in [1.165, 1.54) is 30.6 Å². The number of aliphatic hydroxyl groups is 1. The summed E-state index contributed by atoms with van der Waals surface area (Å²) in [6.07, 6.45) is 6.00. The van der Waals surface area contributed by atoms with Crippen molar-refractivity contribution in [1.82, 2.24) is 0 Å². The van der Waals surface area contributed by atoms with Crippen LogP contribution in [0.25, 0.3) is 0 Å². The molecular weight excluding hydrogens is 256 g/mol. The number of thiophene rings is 1. The van der Waals surface area contributed by atoms with Crippen LogP contribution in [0, 0.1) is 17.8 Å². The maximum absolute atomic E-state index is 8.68. The lowest BCUT2D eigenvalue weighted by atomic mass is 9.89. The molecule has 1 aliphatic carbocycles. The summed E-state index contributed by atoms with van der Waals surface area (Å²) in [5, 5.41) is 10.7. The number of rotatable bonds is 4. The summed E-state index contributed by atoms with van der Waals surface area (Å²) in [6, 6.07) is 2.10. The third kappa shape index (κ3) is 4.99. The van der Waals surface area contributed by atoms with Crippen molar-refractivity contribution in [3.8, 4) is 11.8 Å². The van der Waals surface area contributed by atoms with Crippen LogP contribution >= 0.6 is 11.3 Å². The van der Waals surface area contributed by atoms with Gasteiger partial charge in [0, 0.05) is 22.2 Å². The monoisotopic (exact) mass is 278 g/mol. The zero-order valence-electron chi connectivity index (χ0n) is 11.5. The predicted molar refractivity (Wildman–Crippen MR) is 79.1 cm³/mol. The van der Waals surface area contributed by atoms with Crippen molar-refractivity contribution in [3.05, 3.63) is 21.9 Å². The molecule has 1 aromatic heterocycles. The molecule has 104 valence electrons. The molecular formula is C16H22O2S. The van der Waals surface area contributed by atoms with E-state index in [-0.39, 0.29) is 6.61 Å². The molecule has 1 saturated carbocycles. The molecule has 2 rings (SSSR count). The molecule has 0 radical (unpaired) electrons. The van der Waals surface area contributed by atoms with Crippen LogP contribution in [0.1, 0.15) is 49.5 Å². The Bertz CT molecular complexity index is 433. The number of aliphatic hydroxyl groups excluding tert-OH is 1. The minimum atomic E-state index is 0.132. The van der Waals surface area contributed by atoms with Gasteiger partial charge in [0.1, 0.15) is 0 Å². The van der Waals surface area contributed by atoms with Gasteiger partial charge in [0.2, 0.25) is 0 Å². The summed E-state index contributed by atoms with van der Waals surface area (Å²) >= 11 is 1.71. The largest absolute Gasteiger partial charge is 0.395 e. The average molecular weight is 278 g/mol. The van der Waals surface area contributed by atoms with E-state index in [4.69, 9.17) is 9.84 Å². The Balaban J connectivity index is 1.76. The average Bonchev–Trinajstić information content (AvgIpc) is 2.86. The number of hydrogen-bond donors (Lipinski definition) is 1. The minimum Gasteiger partial charge on any atom is -0.395 e. The van der Waals surface area contributed by atoms with E-state index in [9.17, 15) is 0 Å². The maximum Gasteiger partial charge on any atom is 0.0813 e. The molecule has 3 heteroatoms. The molecule has 2 nitrogen and oxygen atoms in total. The highest BCUT2D eigenvalue weighted by atomic mass is 32.1. The van der Waals surface area contributed by atoms with Gasteiger partial charge in [-0.25, -0.2) is 0 Å². The molecule has 1 N–H and O–H groups in total. The predicted octanol–water partition coefficient (Wildman–Crippen LogP) is 3.58. The van der Waals surface area contributed by atoms with Crippen LogP contribution in [0.4, 0.5) is 0 Å². The van der Waals surface area contributed by atoms with Crippen LogP contribution in [-0.2, 0) is 11.3 Å². The zero-order chi connectivity index (χ0) is 13.5. The molecule has 1 heterocycles. The second-order valence-corrected chi connectivity index (χ2v) is 6.27. The van der Waals surface area contributed by atoms with Crippen LogP contribution < -0.4 is 0 Å². The highest BCUT2D eigenvalue weighted by molar-refractivity contribution is 7.10. The maximum atomic E-state index is 8.68. The third-order valence-corrected chi connectivity index (χ3v) is 4.46. The molecule has 0 spiro atoms. The van der Waals surface area contributed by atoms with Crippen LogP contribution in [0.5, 0.6) is 0 Å². The van der Waals surface area contributed by atoms with Gasteiger partial charge in [0.05, 0.1) is 19.3 Å². The van der Waals surface area contributed by atoms with Crippen molar-refractivity contribution < 1.29 is 9.84 Å². The number of hydrogen-bond acceptors (Lipinski definition) is 3. The highest BCUT2D eigenvalue weighted by Crippen LogP contribution is 2.26. The molecule has 0 bridgehead atoms. The van der Waals surface area contributed by atoms with Crippen LogP contribution in [0.3, 0.4) is 0 Å². The third-order valence-electron chi connectivity index (χ3n) is 3.55. The fourth-order valence-corrected chi connectivity index (χ4v) is 3.07. The van der Waals surface area contributed by atoms with Crippen LogP contribution in [0.2, 0.25) is 0 Å². The van der Waals surface area contributed by atoms with Gasteiger partial charge in [-0.3, -0.25) is 0 Å². The topological polar surface area (TPSA) is 29.5 Å². The van der Waals surface area contributed by atoms with Crippen LogP contribution in [0.15, 0.2) is 11.4 Å². The second-order valence-electron chi connectivity index (χ2n) is 5.27. The fourth-order valence-electron chi connectivity index (χ4n) is 2.34. The summed E-state index contributed by atoms with van der Waals surface area (Å²) < 4.78 is 5.98. The quantitative estimate of drug-likeness (QED) is 0.853. The van der Waals surface area contributed by atoms with Crippen molar-refractivity contribution in [3.63, 3.8) is 0 Å². The van der Waals surface area contributed by atoms with Crippen molar-refractivity contribution in [2.24, 2.45) is 5.92 Å². The van der Waals surface area contributed by atoms with E-state index >= 15 is 0 Å². The Labute approximate surface area is 119 Å². The molecule has 0 unspecified atom stereocenters. The first kappa shape index (κ1) is 14.6. The van der Waals surface area contributed by atoms with E-state index in [0.29, 0.717) is 19.1 Å². The van der Waals surface area contributed by atoms with Crippen molar-refractivity contribution in [2.75, 3.05) is 6.61 Å². The van der Waals surface area contributed by atoms with Gasteiger partial charge in [-0.05, 0) is 37.7 Å². The van der Waals surface area contributed by atoms with Gasteiger partial charge in [-0.1, -0.05) is 18.8 Å². The Kier molecular flexibility index (Phi) is 5.91. The van der Waals surface area contributed by atoms with E-state index in [0.717, 1.165) is 11.5 Å². The van der Waals surface area contributed by atoms with E-state index in [2.05, 4.69) is 30.2 Å². The van der Waals surface area contributed by atoms with E-state index in [1.807, 2.05) is 0 Å². The highest BCUT2D eigenvalue weighted by Gasteiger charge is 2.18. The molecule has 0 amide bonds. The number of ether oxygens (including phenoxy) is 1. The lowest BCUT2D eigenvalue weighted by Crippen LogP contribution is -2.20. The first-order valence-electron chi connectivity index (χ1n) is 7.06. The smallest absolute Gasteiger partial charge is 0.0813 e. The van der Waals surface area contributed by atoms with E-state index < -0.39 is 0 Å². The van der Waals surface area contributed by atoms with Crippen molar-refractivity contribution in [1.29, 1.82) is 0 Å².